The van der Waals surface area contributed by atoms with Crippen molar-refractivity contribution < 1.29 is 4.79 Å². The number of carbonyl (C=O) groups excluding carboxylic acids is 1. The van der Waals surface area contributed by atoms with Crippen molar-refractivity contribution in [3.8, 4) is 0 Å². The SMILES string of the molecule is CCCc1cc(C(=O)NCC(C)N(C)C)cc(NN)n1. The fourth-order valence-electron chi connectivity index (χ4n) is 1.70. The number of nitrogen functional groups attached to an aromatic ring is 1. The van der Waals surface area contributed by atoms with Gasteiger partial charge in [0.2, 0.25) is 0 Å². The lowest BCUT2D eigenvalue weighted by Crippen LogP contribution is -2.38. The van der Waals surface area contributed by atoms with Crippen molar-refractivity contribution in [2.24, 2.45) is 5.84 Å². The summed E-state index contributed by atoms with van der Waals surface area (Å²) < 4.78 is 0. The first-order valence-corrected chi connectivity index (χ1v) is 6.90. The van der Waals surface area contributed by atoms with E-state index in [9.17, 15) is 4.79 Å². The van der Waals surface area contributed by atoms with Crippen LogP contribution in [0.4, 0.5) is 5.82 Å². The van der Waals surface area contributed by atoms with Crippen molar-refractivity contribution in [2.75, 3.05) is 26.1 Å². The third-order valence-corrected chi connectivity index (χ3v) is 3.23. The average molecular weight is 279 g/mol. The predicted octanol–water partition coefficient (Wildman–Crippen LogP) is 1.000. The Morgan fingerprint density at radius 2 is 2.15 bits per heavy atom. The highest BCUT2D eigenvalue weighted by Crippen LogP contribution is 2.11. The van der Waals surface area contributed by atoms with Crippen LogP contribution in [0.25, 0.3) is 0 Å². The van der Waals surface area contributed by atoms with E-state index in [1.807, 2.05) is 20.2 Å². The smallest absolute Gasteiger partial charge is 0.251 e. The van der Waals surface area contributed by atoms with Crippen LogP contribution >= 0.6 is 0 Å². The van der Waals surface area contributed by atoms with E-state index in [2.05, 4.69) is 34.5 Å². The molecule has 6 heteroatoms. The van der Waals surface area contributed by atoms with E-state index in [-0.39, 0.29) is 11.9 Å². The second-order valence-corrected chi connectivity index (χ2v) is 5.15. The lowest BCUT2D eigenvalue weighted by atomic mass is 10.1. The molecule has 4 N–H and O–H groups in total. The highest BCUT2D eigenvalue weighted by molar-refractivity contribution is 5.95. The second kappa shape index (κ2) is 7.81. The van der Waals surface area contributed by atoms with Gasteiger partial charge < -0.3 is 15.6 Å². The zero-order chi connectivity index (χ0) is 15.1. The zero-order valence-electron chi connectivity index (χ0n) is 12.7. The Kier molecular flexibility index (Phi) is 6.41. The Balaban J connectivity index is 2.78. The molecule has 1 aromatic rings. The number of aryl methyl sites for hydroxylation is 1. The highest BCUT2D eigenvalue weighted by atomic mass is 16.1. The van der Waals surface area contributed by atoms with Crippen LogP contribution in [-0.2, 0) is 6.42 Å². The summed E-state index contributed by atoms with van der Waals surface area (Å²) in [5.74, 6) is 5.81. The molecule has 1 unspecified atom stereocenters. The maximum absolute atomic E-state index is 12.2. The molecule has 0 fully saturated rings. The van der Waals surface area contributed by atoms with Gasteiger partial charge in [-0.15, -0.1) is 0 Å². The molecule has 0 saturated carbocycles. The summed E-state index contributed by atoms with van der Waals surface area (Å²) in [5, 5.41) is 2.92. The molecule has 0 saturated heterocycles. The van der Waals surface area contributed by atoms with Crippen LogP contribution in [0.2, 0.25) is 0 Å². The summed E-state index contributed by atoms with van der Waals surface area (Å²) in [6.45, 7) is 4.73. The number of rotatable bonds is 7. The number of amides is 1. The molecule has 0 aliphatic heterocycles. The van der Waals surface area contributed by atoms with Crippen molar-refractivity contribution in [1.29, 1.82) is 0 Å². The Bertz CT molecular complexity index is 447. The van der Waals surface area contributed by atoms with Gasteiger partial charge in [0.25, 0.3) is 5.91 Å². The van der Waals surface area contributed by atoms with Crippen LogP contribution in [0, 0.1) is 0 Å². The van der Waals surface area contributed by atoms with Crippen molar-refractivity contribution in [2.45, 2.75) is 32.7 Å². The summed E-state index contributed by atoms with van der Waals surface area (Å²) >= 11 is 0. The number of pyridine rings is 1. The van der Waals surface area contributed by atoms with E-state index >= 15 is 0 Å². The van der Waals surface area contributed by atoms with E-state index in [1.165, 1.54) is 0 Å². The molecule has 1 amide bonds. The summed E-state index contributed by atoms with van der Waals surface area (Å²) in [5.41, 5.74) is 3.96. The summed E-state index contributed by atoms with van der Waals surface area (Å²) in [6.07, 6.45) is 1.80. The number of hydrogen-bond donors (Lipinski definition) is 3. The molecule has 6 nitrogen and oxygen atoms in total. The minimum Gasteiger partial charge on any atom is -0.350 e. The molecule has 112 valence electrons. The van der Waals surface area contributed by atoms with Gasteiger partial charge in [0.1, 0.15) is 5.82 Å². The molecule has 0 radical (unpaired) electrons. The van der Waals surface area contributed by atoms with Gasteiger partial charge >= 0.3 is 0 Å². The molecule has 1 rings (SSSR count). The third-order valence-electron chi connectivity index (χ3n) is 3.23. The quantitative estimate of drug-likeness (QED) is 0.512. The number of aromatic nitrogens is 1. The fraction of sp³-hybridized carbons (Fsp3) is 0.571. The number of nitrogens with one attached hydrogen (secondary N) is 2. The normalized spacial score (nSPS) is 12.3. The zero-order valence-corrected chi connectivity index (χ0v) is 12.7. The first-order valence-electron chi connectivity index (χ1n) is 6.90. The van der Waals surface area contributed by atoms with Gasteiger partial charge in [0.15, 0.2) is 0 Å². The molecule has 0 aromatic carbocycles. The van der Waals surface area contributed by atoms with Crippen LogP contribution in [0.3, 0.4) is 0 Å². The topological polar surface area (TPSA) is 83.3 Å². The Morgan fingerprint density at radius 3 is 2.70 bits per heavy atom. The highest BCUT2D eigenvalue weighted by Gasteiger charge is 2.11. The van der Waals surface area contributed by atoms with E-state index in [4.69, 9.17) is 5.84 Å². The summed E-state index contributed by atoms with van der Waals surface area (Å²) in [6, 6.07) is 3.76. The molecule has 1 atom stereocenters. The third kappa shape index (κ3) is 4.79. The molecular weight excluding hydrogens is 254 g/mol. The number of hydrogen-bond acceptors (Lipinski definition) is 5. The Hall–Kier alpha value is -1.66. The monoisotopic (exact) mass is 279 g/mol. The lowest BCUT2D eigenvalue weighted by molar-refractivity contribution is 0.0943. The van der Waals surface area contributed by atoms with Crippen molar-refractivity contribution >= 4 is 11.7 Å². The van der Waals surface area contributed by atoms with Crippen LogP contribution in [0.1, 0.15) is 36.3 Å². The maximum atomic E-state index is 12.2. The number of nitrogens with zero attached hydrogens (tertiary/aromatic N) is 2. The number of anilines is 1. The van der Waals surface area contributed by atoms with E-state index in [0.717, 1.165) is 18.5 Å². The van der Waals surface area contributed by atoms with Gasteiger partial charge in [-0.1, -0.05) is 13.3 Å². The fourth-order valence-corrected chi connectivity index (χ4v) is 1.70. The van der Waals surface area contributed by atoms with Gasteiger partial charge in [-0.25, -0.2) is 10.8 Å². The van der Waals surface area contributed by atoms with Crippen LogP contribution < -0.4 is 16.6 Å². The lowest BCUT2D eigenvalue weighted by Gasteiger charge is -2.20. The van der Waals surface area contributed by atoms with Gasteiger partial charge in [-0.05, 0) is 39.6 Å². The minimum absolute atomic E-state index is 0.102. The molecule has 0 aliphatic rings. The number of carbonyl (C=O) groups is 1. The first-order chi connectivity index (χ1) is 9.47. The maximum Gasteiger partial charge on any atom is 0.251 e. The number of nitrogens with two attached hydrogens (primary N) is 1. The van der Waals surface area contributed by atoms with Gasteiger partial charge in [0, 0.05) is 23.8 Å². The van der Waals surface area contributed by atoms with Gasteiger partial charge in [-0.2, -0.15) is 0 Å². The number of hydrazine groups is 1. The largest absolute Gasteiger partial charge is 0.350 e. The minimum atomic E-state index is -0.102. The average Bonchev–Trinajstić information content (AvgIpc) is 2.44. The Morgan fingerprint density at radius 1 is 1.45 bits per heavy atom. The first kappa shape index (κ1) is 16.4. The predicted molar refractivity (Wildman–Crippen MR) is 81.5 cm³/mol. The van der Waals surface area contributed by atoms with Crippen LogP contribution in [-0.4, -0.2) is 42.5 Å². The molecule has 1 heterocycles. The molecule has 1 aromatic heterocycles. The van der Waals surface area contributed by atoms with E-state index < -0.39 is 0 Å². The van der Waals surface area contributed by atoms with Crippen LogP contribution in [0.5, 0.6) is 0 Å². The van der Waals surface area contributed by atoms with Gasteiger partial charge in [-0.3, -0.25) is 4.79 Å². The van der Waals surface area contributed by atoms with Crippen molar-refractivity contribution in [3.05, 3.63) is 23.4 Å². The number of likely N-dealkylation sites (N-methyl/N-ethyl adjacent to an activating group) is 1. The van der Waals surface area contributed by atoms with Gasteiger partial charge in [0.05, 0.1) is 0 Å². The molecule has 0 aliphatic carbocycles. The molecule has 0 spiro atoms. The van der Waals surface area contributed by atoms with Crippen LogP contribution in [0.15, 0.2) is 12.1 Å². The van der Waals surface area contributed by atoms with Crippen molar-refractivity contribution in [3.63, 3.8) is 0 Å². The van der Waals surface area contributed by atoms with E-state index in [1.54, 1.807) is 6.07 Å². The molecular formula is C14H25N5O. The van der Waals surface area contributed by atoms with E-state index in [0.29, 0.717) is 17.9 Å². The molecule has 20 heavy (non-hydrogen) atoms. The second-order valence-electron chi connectivity index (χ2n) is 5.15. The molecule has 0 bridgehead atoms. The Labute approximate surface area is 120 Å². The summed E-state index contributed by atoms with van der Waals surface area (Å²) in [4.78, 5) is 18.6. The van der Waals surface area contributed by atoms with Crippen molar-refractivity contribution in [1.82, 2.24) is 15.2 Å². The summed E-state index contributed by atoms with van der Waals surface area (Å²) in [7, 11) is 3.97. The standard InChI is InChI=1S/C14H25N5O/c1-5-6-12-7-11(8-13(17-12)18-15)14(20)16-9-10(2)19(3)4/h7-8,10H,5-6,9,15H2,1-4H3,(H,16,20)(H,17,18).